The molecule has 0 spiro atoms. The molecule has 2 nitrogen and oxygen atoms in total. The van der Waals surface area contributed by atoms with E-state index in [0.717, 1.165) is 37.8 Å². The molecular weight excluding hydrogens is 248 g/mol. The smallest absolute Gasteiger partial charge is 0.128 e. The number of hydrogen-bond donors (Lipinski definition) is 1. The molecule has 0 amide bonds. The summed E-state index contributed by atoms with van der Waals surface area (Å²) in [5.74, 6) is -0.603. The highest BCUT2D eigenvalue weighted by molar-refractivity contribution is 5.23. The van der Waals surface area contributed by atoms with Gasteiger partial charge in [0.1, 0.15) is 11.6 Å². The van der Waals surface area contributed by atoms with E-state index >= 15 is 0 Å². The average molecular weight is 269 g/mol. The van der Waals surface area contributed by atoms with Crippen LogP contribution in [-0.2, 0) is 4.74 Å². The molecule has 1 aliphatic rings. The highest BCUT2D eigenvalue weighted by Crippen LogP contribution is 2.33. The van der Waals surface area contributed by atoms with Crippen LogP contribution in [0, 0.1) is 17.6 Å². The van der Waals surface area contributed by atoms with E-state index in [1.807, 2.05) is 0 Å². The monoisotopic (exact) mass is 269 g/mol. The number of nitrogens with two attached hydrogens (primary N) is 1. The van der Waals surface area contributed by atoms with E-state index in [0.29, 0.717) is 5.92 Å². The van der Waals surface area contributed by atoms with E-state index in [2.05, 4.69) is 0 Å². The second-order valence-electron chi connectivity index (χ2n) is 5.29. The van der Waals surface area contributed by atoms with Gasteiger partial charge >= 0.3 is 0 Å². The molecular formula is C15H21F2NO. The van der Waals surface area contributed by atoms with Crippen LogP contribution in [0.2, 0.25) is 0 Å². The summed E-state index contributed by atoms with van der Waals surface area (Å²) in [7, 11) is 1.59. The van der Waals surface area contributed by atoms with Crippen LogP contribution < -0.4 is 5.73 Å². The fourth-order valence-electron chi connectivity index (χ4n) is 3.04. The topological polar surface area (TPSA) is 35.2 Å². The van der Waals surface area contributed by atoms with Crippen LogP contribution in [0.15, 0.2) is 18.2 Å². The van der Waals surface area contributed by atoms with Gasteiger partial charge in [0.25, 0.3) is 0 Å². The molecule has 4 heteroatoms. The van der Waals surface area contributed by atoms with Gasteiger partial charge in [-0.1, -0.05) is 19.3 Å². The number of hydrogen-bond acceptors (Lipinski definition) is 2. The van der Waals surface area contributed by atoms with Crippen molar-refractivity contribution in [2.24, 2.45) is 11.7 Å². The van der Waals surface area contributed by atoms with Gasteiger partial charge in [-0.3, -0.25) is 0 Å². The minimum atomic E-state index is -0.621. The summed E-state index contributed by atoms with van der Waals surface area (Å²) in [5.41, 5.74) is 6.32. The Labute approximate surface area is 112 Å². The lowest BCUT2D eigenvalue weighted by Crippen LogP contribution is -2.36. The standard InChI is InChI=1S/C15H21F2NO/c1-19-15(10-5-3-2-4-6-10)14(18)12-9-11(16)7-8-13(12)17/h7-10,14-15H,2-6,18H2,1H3. The molecule has 106 valence electrons. The van der Waals surface area contributed by atoms with E-state index in [-0.39, 0.29) is 11.7 Å². The van der Waals surface area contributed by atoms with Gasteiger partial charge in [0, 0.05) is 12.7 Å². The summed E-state index contributed by atoms with van der Waals surface area (Å²) >= 11 is 0. The quantitative estimate of drug-likeness (QED) is 0.907. The summed E-state index contributed by atoms with van der Waals surface area (Å²) in [6, 6.07) is 2.78. The minimum Gasteiger partial charge on any atom is -0.379 e. The molecule has 0 bridgehead atoms. The predicted molar refractivity (Wildman–Crippen MR) is 70.7 cm³/mol. The van der Waals surface area contributed by atoms with E-state index in [1.165, 1.54) is 12.5 Å². The fraction of sp³-hybridized carbons (Fsp3) is 0.600. The number of benzene rings is 1. The first-order valence-electron chi connectivity index (χ1n) is 6.87. The molecule has 2 rings (SSSR count). The van der Waals surface area contributed by atoms with E-state index < -0.39 is 17.7 Å². The zero-order valence-corrected chi connectivity index (χ0v) is 11.2. The van der Waals surface area contributed by atoms with Gasteiger partial charge in [0.15, 0.2) is 0 Å². The third kappa shape index (κ3) is 3.31. The molecule has 0 heterocycles. The van der Waals surface area contributed by atoms with Gasteiger partial charge in [-0.2, -0.15) is 0 Å². The van der Waals surface area contributed by atoms with Gasteiger partial charge in [-0.05, 0) is 37.0 Å². The Morgan fingerprint density at radius 2 is 1.89 bits per heavy atom. The molecule has 1 aliphatic carbocycles. The predicted octanol–water partition coefficient (Wildman–Crippen LogP) is 3.56. The van der Waals surface area contributed by atoms with Crippen LogP contribution >= 0.6 is 0 Å². The summed E-state index contributed by atoms with van der Waals surface area (Å²) in [6.07, 6.45) is 5.38. The minimum absolute atomic E-state index is 0.206. The lowest BCUT2D eigenvalue weighted by atomic mass is 9.81. The van der Waals surface area contributed by atoms with Crippen LogP contribution in [0.3, 0.4) is 0 Å². The fourth-order valence-corrected chi connectivity index (χ4v) is 3.04. The Bertz CT molecular complexity index is 419. The molecule has 2 atom stereocenters. The summed E-state index contributed by atoms with van der Waals surface area (Å²) in [6.45, 7) is 0. The van der Waals surface area contributed by atoms with Crippen LogP contribution in [-0.4, -0.2) is 13.2 Å². The van der Waals surface area contributed by atoms with Crippen molar-refractivity contribution in [1.29, 1.82) is 0 Å². The van der Waals surface area contributed by atoms with Crippen molar-refractivity contribution in [3.8, 4) is 0 Å². The normalized spacial score (nSPS) is 20.2. The highest BCUT2D eigenvalue weighted by Gasteiger charge is 2.30. The Kier molecular flexibility index (Phi) is 4.88. The largest absolute Gasteiger partial charge is 0.379 e. The molecule has 1 saturated carbocycles. The van der Waals surface area contributed by atoms with E-state index in [9.17, 15) is 8.78 Å². The van der Waals surface area contributed by atoms with Crippen molar-refractivity contribution in [3.05, 3.63) is 35.4 Å². The maximum Gasteiger partial charge on any atom is 0.128 e. The summed E-state index contributed by atoms with van der Waals surface area (Å²) in [5, 5.41) is 0. The maximum absolute atomic E-state index is 13.8. The first kappa shape index (κ1) is 14.4. The Hall–Kier alpha value is -1.00. The van der Waals surface area contributed by atoms with Gasteiger partial charge in [0.05, 0.1) is 12.1 Å². The van der Waals surface area contributed by atoms with Crippen LogP contribution in [0.5, 0.6) is 0 Å². The third-order valence-electron chi connectivity index (χ3n) is 4.06. The zero-order valence-electron chi connectivity index (χ0n) is 11.2. The average Bonchev–Trinajstić information content (AvgIpc) is 2.43. The molecule has 1 aromatic rings. The van der Waals surface area contributed by atoms with E-state index in [1.54, 1.807) is 7.11 Å². The van der Waals surface area contributed by atoms with E-state index in [4.69, 9.17) is 10.5 Å². The molecule has 0 saturated heterocycles. The maximum atomic E-state index is 13.8. The number of methoxy groups -OCH3 is 1. The van der Waals surface area contributed by atoms with Crippen molar-refractivity contribution in [3.63, 3.8) is 0 Å². The first-order valence-corrected chi connectivity index (χ1v) is 6.87. The summed E-state index contributed by atoms with van der Waals surface area (Å²) in [4.78, 5) is 0. The molecule has 2 N–H and O–H groups in total. The molecule has 1 fully saturated rings. The number of halogens is 2. The molecule has 2 unspecified atom stereocenters. The second kappa shape index (κ2) is 6.44. The van der Waals surface area contributed by atoms with Crippen LogP contribution in [0.25, 0.3) is 0 Å². The summed E-state index contributed by atoms with van der Waals surface area (Å²) < 4.78 is 32.5. The Morgan fingerprint density at radius 3 is 2.53 bits per heavy atom. The lowest BCUT2D eigenvalue weighted by molar-refractivity contribution is 0.0164. The van der Waals surface area contributed by atoms with Crippen LogP contribution in [0.1, 0.15) is 43.7 Å². The first-order chi connectivity index (χ1) is 9.13. The van der Waals surface area contributed by atoms with Crippen molar-refractivity contribution >= 4 is 0 Å². The molecule has 0 aliphatic heterocycles. The third-order valence-corrected chi connectivity index (χ3v) is 4.06. The molecule has 19 heavy (non-hydrogen) atoms. The van der Waals surface area contributed by atoms with Gasteiger partial charge in [-0.25, -0.2) is 8.78 Å². The van der Waals surface area contributed by atoms with Crippen LogP contribution in [0.4, 0.5) is 8.78 Å². The van der Waals surface area contributed by atoms with Gasteiger partial charge in [-0.15, -0.1) is 0 Å². The number of ether oxygens (including phenoxy) is 1. The number of rotatable bonds is 4. The highest BCUT2D eigenvalue weighted by atomic mass is 19.1. The molecule has 0 radical (unpaired) electrons. The SMILES string of the molecule is COC(C1CCCCC1)C(N)c1cc(F)ccc1F. The van der Waals surface area contributed by atoms with Gasteiger partial charge in [0.2, 0.25) is 0 Å². The molecule has 0 aromatic heterocycles. The van der Waals surface area contributed by atoms with Crippen molar-refractivity contribution in [2.75, 3.05) is 7.11 Å². The second-order valence-corrected chi connectivity index (χ2v) is 5.29. The van der Waals surface area contributed by atoms with Crippen molar-refractivity contribution in [2.45, 2.75) is 44.2 Å². The van der Waals surface area contributed by atoms with Crippen molar-refractivity contribution in [1.82, 2.24) is 0 Å². The zero-order chi connectivity index (χ0) is 13.8. The van der Waals surface area contributed by atoms with Gasteiger partial charge < -0.3 is 10.5 Å². The Morgan fingerprint density at radius 1 is 1.21 bits per heavy atom. The lowest BCUT2D eigenvalue weighted by Gasteiger charge is -2.33. The molecule has 1 aromatic carbocycles. The van der Waals surface area contributed by atoms with Crippen molar-refractivity contribution < 1.29 is 13.5 Å². The Balaban J connectivity index is 2.19.